The Morgan fingerprint density at radius 1 is 0.400 bits per heavy atom. The number of nitrogens with zero attached hydrogens (tertiary/aromatic N) is 2. The molecule has 1 atom stereocenters. The van der Waals surface area contributed by atoms with Gasteiger partial charge in [0.05, 0.1) is 17.1 Å². The summed E-state index contributed by atoms with van der Waals surface area (Å²) in [5.41, 5.74) is 15.1. The topological polar surface area (TPSA) is 25.2 Å². The lowest BCUT2D eigenvalue weighted by atomic mass is 9.85. The maximum atomic E-state index is 5.43. The van der Waals surface area contributed by atoms with E-state index in [9.17, 15) is 0 Å². The molecule has 0 spiro atoms. The Kier molecular flexibility index (Phi) is 8.42. The van der Waals surface area contributed by atoms with E-state index in [4.69, 9.17) is 9.98 Å². The van der Waals surface area contributed by atoms with Crippen LogP contribution in [0.25, 0.3) is 66.2 Å². The minimum Gasteiger partial charge on any atom is -0.256 e. The summed E-state index contributed by atoms with van der Waals surface area (Å²) >= 11 is 0. The molecule has 1 unspecified atom stereocenters. The largest absolute Gasteiger partial charge is 0.256 e. The molecular formula is C53H38N2. The average Bonchev–Trinajstić information content (AvgIpc) is 3.46. The molecule has 2 heterocycles. The fourth-order valence-electron chi connectivity index (χ4n) is 8.49. The second-order valence-corrected chi connectivity index (χ2v) is 14.4. The number of rotatable bonds is 6. The summed E-state index contributed by atoms with van der Waals surface area (Å²) in [6.07, 6.45) is 4.00. The van der Waals surface area contributed by atoms with E-state index in [1.54, 1.807) is 0 Å². The molecule has 9 aromatic rings. The van der Waals surface area contributed by atoms with Crippen molar-refractivity contribution in [1.29, 1.82) is 0 Å². The van der Waals surface area contributed by atoms with E-state index < -0.39 is 0 Å². The Hall–Kier alpha value is -6.90. The molecule has 1 aromatic heterocycles. The molecule has 1 aliphatic rings. The molecule has 2 nitrogen and oxygen atoms in total. The molecule has 0 aliphatic carbocycles. The van der Waals surface area contributed by atoms with E-state index in [1.807, 2.05) is 6.20 Å². The number of pyridine rings is 1. The number of hydrogen-bond donors (Lipinski definition) is 0. The maximum Gasteiger partial charge on any atom is 0.0702 e. The number of hydrogen-bond acceptors (Lipinski definition) is 2. The van der Waals surface area contributed by atoms with Crippen LogP contribution >= 0.6 is 0 Å². The molecule has 1 aliphatic heterocycles. The van der Waals surface area contributed by atoms with Gasteiger partial charge in [0, 0.05) is 23.2 Å². The zero-order valence-electron chi connectivity index (χ0n) is 30.4. The Balaban J connectivity index is 1.06. The molecule has 10 rings (SSSR count). The van der Waals surface area contributed by atoms with Gasteiger partial charge in [-0.2, -0.15) is 0 Å². The van der Waals surface area contributed by atoms with Gasteiger partial charge in [0.25, 0.3) is 0 Å². The molecular weight excluding hydrogens is 665 g/mol. The first-order chi connectivity index (χ1) is 27.3. The number of aromatic nitrogens is 1. The van der Waals surface area contributed by atoms with Gasteiger partial charge in [0.1, 0.15) is 0 Å². The van der Waals surface area contributed by atoms with Crippen molar-refractivity contribution in [2.45, 2.75) is 18.8 Å². The predicted molar refractivity (Wildman–Crippen MR) is 231 cm³/mol. The fraction of sp³-hybridized carbons (Fsp3) is 0.0566. The van der Waals surface area contributed by atoms with Gasteiger partial charge in [0.15, 0.2) is 0 Å². The maximum absolute atomic E-state index is 5.43. The second kappa shape index (κ2) is 14.2. The van der Waals surface area contributed by atoms with E-state index in [0.29, 0.717) is 0 Å². The summed E-state index contributed by atoms with van der Waals surface area (Å²) in [5.74, 6) is 0.228. The lowest BCUT2D eigenvalue weighted by Gasteiger charge is -2.18. The summed E-state index contributed by atoms with van der Waals surface area (Å²) in [6.45, 7) is 0. The normalized spacial score (nSPS) is 14.0. The van der Waals surface area contributed by atoms with E-state index in [-0.39, 0.29) is 5.92 Å². The fourth-order valence-corrected chi connectivity index (χ4v) is 8.49. The second-order valence-electron chi connectivity index (χ2n) is 14.4. The summed E-state index contributed by atoms with van der Waals surface area (Å²) in [7, 11) is 0. The molecule has 0 saturated carbocycles. The van der Waals surface area contributed by atoms with Gasteiger partial charge in [-0.1, -0.05) is 176 Å². The molecule has 0 fully saturated rings. The molecule has 0 radical (unpaired) electrons. The van der Waals surface area contributed by atoms with Gasteiger partial charge in [-0.15, -0.1) is 0 Å². The van der Waals surface area contributed by atoms with Gasteiger partial charge in [-0.05, 0) is 97.1 Å². The monoisotopic (exact) mass is 702 g/mol. The van der Waals surface area contributed by atoms with Crippen LogP contribution in [0.3, 0.4) is 0 Å². The first kappa shape index (κ1) is 32.7. The highest BCUT2D eigenvalue weighted by atomic mass is 14.8. The van der Waals surface area contributed by atoms with Crippen molar-refractivity contribution in [3.63, 3.8) is 0 Å². The van der Waals surface area contributed by atoms with Gasteiger partial charge in [0.2, 0.25) is 0 Å². The number of aryl methyl sites for hydroxylation is 1. The van der Waals surface area contributed by atoms with Gasteiger partial charge in [-0.25, -0.2) is 0 Å². The Morgan fingerprint density at radius 3 is 1.58 bits per heavy atom. The first-order valence-corrected chi connectivity index (χ1v) is 19.2. The minimum absolute atomic E-state index is 0.228. The van der Waals surface area contributed by atoms with Crippen molar-refractivity contribution in [2.24, 2.45) is 4.99 Å². The number of benzene rings is 8. The number of fused-ring (bicyclic) bond motifs is 3. The molecule has 0 saturated heterocycles. The van der Waals surface area contributed by atoms with Crippen molar-refractivity contribution >= 4 is 32.9 Å². The molecule has 2 heteroatoms. The molecule has 0 bridgehead atoms. The highest BCUT2D eigenvalue weighted by Gasteiger charge is 2.24. The smallest absolute Gasteiger partial charge is 0.0702 e. The minimum atomic E-state index is 0.228. The van der Waals surface area contributed by atoms with Crippen LogP contribution in [-0.4, -0.2) is 10.7 Å². The predicted octanol–water partition coefficient (Wildman–Crippen LogP) is 13.9. The third-order valence-electron chi connectivity index (χ3n) is 11.2. The highest BCUT2D eigenvalue weighted by Crippen LogP contribution is 2.45. The molecule has 260 valence electrons. The van der Waals surface area contributed by atoms with Crippen LogP contribution in [0.5, 0.6) is 0 Å². The van der Waals surface area contributed by atoms with Crippen LogP contribution in [0.15, 0.2) is 205 Å². The molecule has 8 aromatic carbocycles. The average molecular weight is 703 g/mol. The molecule has 0 N–H and O–H groups in total. The van der Waals surface area contributed by atoms with Gasteiger partial charge < -0.3 is 0 Å². The number of aliphatic imine (C=N–C) groups is 1. The van der Waals surface area contributed by atoms with Crippen molar-refractivity contribution < 1.29 is 0 Å². The summed E-state index contributed by atoms with van der Waals surface area (Å²) in [6, 6.07) is 69.8. The van der Waals surface area contributed by atoms with Crippen LogP contribution in [0.4, 0.5) is 5.69 Å². The summed E-state index contributed by atoms with van der Waals surface area (Å²) in [5, 5.41) is 4.96. The third kappa shape index (κ3) is 6.12. The third-order valence-corrected chi connectivity index (χ3v) is 11.2. The first-order valence-electron chi connectivity index (χ1n) is 19.2. The zero-order valence-corrected chi connectivity index (χ0v) is 30.4. The van der Waals surface area contributed by atoms with E-state index >= 15 is 0 Å². The van der Waals surface area contributed by atoms with Crippen molar-refractivity contribution in [2.75, 3.05) is 0 Å². The van der Waals surface area contributed by atoms with Crippen molar-refractivity contribution in [3.8, 4) is 44.6 Å². The van der Waals surface area contributed by atoms with E-state index in [0.717, 1.165) is 46.6 Å². The SMILES string of the molecule is c1ccc(C2=Nc3cc(-c4ccc(-c5ccc6c(-c7ccccc7)c7ccccc7c(-c7ccccc7)c6c5)nc4)ccc3CCC2c2ccccc2)cc1. The van der Waals surface area contributed by atoms with Crippen LogP contribution in [-0.2, 0) is 6.42 Å². The van der Waals surface area contributed by atoms with E-state index in [2.05, 4.69) is 194 Å². The standard InChI is InChI=1S/C53H38N2/c1-5-15-36(16-6-1)44-30-27-37-25-26-41(34-50(37)55-53(44)40-21-11-4-12-22-40)43-29-32-49(54-35-43)42-28-31-47-48(33-42)52(39-19-9-3-10-20-39)46-24-14-13-23-45(46)51(47)38-17-7-2-8-18-38/h1-26,28-29,31-35,44H,27,30H2. The summed E-state index contributed by atoms with van der Waals surface area (Å²) < 4.78 is 0. The van der Waals surface area contributed by atoms with Crippen LogP contribution in [0, 0.1) is 0 Å². The summed E-state index contributed by atoms with van der Waals surface area (Å²) in [4.78, 5) is 10.5. The lowest BCUT2D eigenvalue weighted by molar-refractivity contribution is 0.776. The zero-order chi connectivity index (χ0) is 36.6. The van der Waals surface area contributed by atoms with Crippen molar-refractivity contribution in [1.82, 2.24) is 4.98 Å². The van der Waals surface area contributed by atoms with Crippen LogP contribution in [0.1, 0.15) is 29.0 Å². The van der Waals surface area contributed by atoms with E-state index in [1.165, 1.54) is 60.5 Å². The Bertz CT molecular complexity index is 2830. The van der Waals surface area contributed by atoms with Crippen molar-refractivity contribution in [3.05, 3.63) is 217 Å². The van der Waals surface area contributed by atoms with Gasteiger partial charge >= 0.3 is 0 Å². The Labute approximate surface area is 322 Å². The molecule has 55 heavy (non-hydrogen) atoms. The lowest BCUT2D eigenvalue weighted by Crippen LogP contribution is -2.13. The quantitative estimate of drug-likeness (QED) is 0.158. The Morgan fingerprint density at radius 2 is 0.945 bits per heavy atom. The van der Waals surface area contributed by atoms with Gasteiger partial charge in [-0.3, -0.25) is 9.98 Å². The highest BCUT2D eigenvalue weighted by molar-refractivity contribution is 6.22. The van der Waals surface area contributed by atoms with Crippen LogP contribution in [0.2, 0.25) is 0 Å². The van der Waals surface area contributed by atoms with Crippen LogP contribution < -0.4 is 0 Å². The molecule has 0 amide bonds.